The maximum Gasteiger partial charge on any atom is 0.242 e. The molecule has 0 atom stereocenters. The van der Waals surface area contributed by atoms with Gasteiger partial charge in [-0.3, -0.25) is 4.79 Å². The van der Waals surface area contributed by atoms with E-state index in [0.29, 0.717) is 6.29 Å². The van der Waals surface area contributed by atoms with Gasteiger partial charge in [0, 0.05) is 5.69 Å². The zero-order valence-corrected chi connectivity index (χ0v) is 10.8. The van der Waals surface area contributed by atoms with Crippen LogP contribution in [0.25, 0.3) is 0 Å². The Labute approximate surface area is 106 Å². The lowest BCUT2D eigenvalue weighted by atomic mass is 10.0. The van der Waals surface area contributed by atoms with E-state index in [9.17, 15) is 9.59 Å². The highest BCUT2D eigenvalue weighted by atomic mass is 35.5. The highest BCUT2D eigenvalue weighted by Crippen LogP contribution is 2.23. The van der Waals surface area contributed by atoms with Crippen LogP contribution in [0.5, 0.6) is 0 Å². The van der Waals surface area contributed by atoms with Gasteiger partial charge in [0.2, 0.25) is 5.91 Å². The lowest BCUT2D eigenvalue weighted by molar-refractivity contribution is -0.117. The monoisotopic (exact) mass is 253 g/mol. The number of halogens is 1. The minimum atomic E-state index is -0.255. The average Bonchev–Trinajstić information content (AvgIpc) is 2.36. The largest absolute Gasteiger partial charge is 0.304 e. The standard InChI is InChI=1S/C13H16ClNO2/c1-3-11-5-4-6-12(10(11)2)15(7-8-16)13(17)9-14/h4-6,8H,3,7,9H2,1-2H3. The number of nitrogens with zero attached hydrogens (tertiary/aromatic N) is 1. The Kier molecular flexibility index (Phi) is 5.16. The summed E-state index contributed by atoms with van der Waals surface area (Å²) in [5.41, 5.74) is 2.96. The molecule has 1 aromatic rings. The van der Waals surface area contributed by atoms with Gasteiger partial charge in [-0.1, -0.05) is 19.1 Å². The number of carbonyl (C=O) groups excluding carboxylic acids is 2. The predicted octanol–water partition coefficient (Wildman–Crippen LogP) is 2.33. The Morgan fingerprint density at radius 3 is 2.71 bits per heavy atom. The molecule has 92 valence electrons. The van der Waals surface area contributed by atoms with Crippen molar-refractivity contribution in [3.05, 3.63) is 29.3 Å². The van der Waals surface area contributed by atoms with E-state index in [4.69, 9.17) is 11.6 Å². The maximum absolute atomic E-state index is 11.7. The Morgan fingerprint density at radius 1 is 1.47 bits per heavy atom. The van der Waals surface area contributed by atoms with Crippen LogP contribution in [-0.2, 0) is 16.0 Å². The normalized spacial score (nSPS) is 10.1. The molecule has 0 aliphatic heterocycles. The molecule has 1 rings (SSSR count). The topological polar surface area (TPSA) is 37.4 Å². The van der Waals surface area contributed by atoms with Crippen LogP contribution in [-0.4, -0.2) is 24.6 Å². The third-order valence-electron chi connectivity index (χ3n) is 2.76. The lowest BCUT2D eigenvalue weighted by Gasteiger charge is -2.22. The molecule has 0 heterocycles. The van der Waals surface area contributed by atoms with E-state index >= 15 is 0 Å². The summed E-state index contributed by atoms with van der Waals surface area (Å²) in [4.78, 5) is 23.8. The van der Waals surface area contributed by atoms with E-state index < -0.39 is 0 Å². The summed E-state index contributed by atoms with van der Waals surface area (Å²) in [5.74, 6) is -0.376. The van der Waals surface area contributed by atoms with Crippen LogP contribution in [0, 0.1) is 6.92 Å². The van der Waals surface area contributed by atoms with Crippen LogP contribution >= 0.6 is 11.6 Å². The number of alkyl halides is 1. The van der Waals surface area contributed by atoms with Gasteiger partial charge in [-0.2, -0.15) is 0 Å². The second kappa shape index (κ2) is 6.40. The van der Waals surface area contributed by atoms with Gasteiger partial charge >= 0.3 is 0 Å². The molecular formula is C13H16ClNO2. The summed E-state index contributed by atoms with van der Waals surface area (Å²) in [6.07, 6.45) is 1.60. The predicted molar refractivity (Wildman–Crippen MR) is 69.7 cm³/mol. The third kappa shape index (κ3) is 3.07. The van der Waals surface area contributed by atoms with Crippen LogP contribution in [0.15, 0.2) is 18.2 Å². The summed E-state index contributed by atoms with van der Waals surface area (Å²) in [5, 5.41) is 0. The molecule has 0 N–H and O–H groups in total. The second-order valence-electron chi connectivity index (χ2n) is 3.72. The molecule has 0 spiro atoms. The van der Waals surface area contributed by atoms with Gasteiger partial charge in [-0.05, 0) is 30.5 Å². The van der Waals surface area contributed by atoms with E-state index in [2.05, 4.69) is 6.92 Å². The summed E-state index contributed by atoms with van der Waals surface area (Å²) in [6, 6.07) is 5.74. The molecule has 0 aromatic heterocycles. The smallest absolute Gasteiger partial charge is 0.242 e. The summed E-state index contributed by atoms with van der Waals surface area (Å²) >= 11 is 5.55. The molecule has 1 amide bonds. The lowest BCUT2D eigenvalue weighted by Crippen LogP contribution is -2.34. The molecule has 0 aliphatic rings. The molecule has 0 aliphatic carbocycles. The van der Waals surface area contributed by atoms with Crippen molar-refractivity contribution in [2.45, 2.75) is 20.3 Å². The van der Waals surface area contributed by atoms with Crippen LogP contribution < -0.4 is 4.90 Å². The van der Waals surface area contributed by atoms with Gasteiger partial charge < -0.3 is 9.69 Å². The minimum Gasteiger partial charge on any atom is -0.304 e. The first-order chi connectivity index (χ1) is 8.15. The fourth-order valence-corrected chi connectivity index (χ4v) is 1.97. The third-order valence-corrected chi connectivity index (χ3v) is 2.99. The van der Waals surface area contributed by atoms with E-state index in [-0.39, 0.29) is 18.3 Å². The van der Waals surface area contributed by atoms with Crippen molar-refractivity contribution in [3.8, 4) is 0 Å². The number of benzene rings is 1. The van der Waals surface area contributed by atoms with Gasteiger partial charge in [-0.15, -0.1) is 11.6 Å². The van der Waals surface area contributed by atoms with Crippen LogP contribution in [0.2, 0.25) is 0 Å². The molecular weight excluding hydrogens is 238 g/mol. The number of hydrogen-bond donors (Lipinski definition) is 0. The molecule has 1 aromatic carbocycles. The second-order valence-corrected chi connectivity index (χ2v) is 3.99. The molecule has 17 heavy (non-hydrogen) atoms. The summed E-state index contributed by atoms with van der Waals surface area (Å²) < 4.78 is 0. The highest BCUT2D eigenvalue weighted by molar-refractivity contribution is 6.29. The van der Waals surface area contributed by atoms with E-state index in [1.807, 2.05) is 25.1 Å². The molecule has 0 saturated heterocycles. The van der Waals surface area contributed by atoms with Gasteiger partial charge in [0.05, 0.1) is 6.54 Å². The molecule has 0 unspecified atom stereocenters. The van der Waals surface area contributed by atoms with Gasteiger partial charge in [0.1, 0.15) is 12.2 Å². The van der Waals surface area contributed by atoms with Crippen LogP contribution in [0.1, 0.15) is 18.1 Å². The number of aldehydes is 1. The van der Waals surface area contributed by atoms with Gasteiger partial charge in [-0.25, -0.2) is 0 Å². The Morgan fingerprint density at radius 2 is 2.18 bits per heavy atom. The van der Waals surface area contributed by atoms with Crippen molar-refractivity contribution in [2.75, 3.05) is 17.3 Å². The average molecular weight is 254 g/mol. The Bertz CT molecular complexity index is 418. The molecule has 4 heteroatoms. The van der Waals surface area contributed by atoms with Crippen molar-refractivity contribution in [1.29, 1.82) is 0 Å². The number of anilines is 1. The fourth-order valence-electron chi connectivity index (χ4n) is 1.83. The van der Waals surface area contributed by atoms with E-state index in [1.165, 1.54) is 10.5 Å². The summed E-state index contributed by atoms with van der Waals surface area (Å²) in [7, 11) is 0. The van der Waals surface area contributed by atoms with Crippen molar-refractivity contribution in [2.24, 2.45) is 0 Å². The number of carbonyl (C=O) groups is 2. The fraction of sp³-hybridized carbons (Fsp3) is 0.385. The number of hydrogen-bond acceptors (Lipinski definition) is 2. The zero-order valence-electron chi connectivity index (χ0n) is 10.1. The Balaban J connectivity index is 3.18. The number of rotatable bonds is 5. The molecule has 0 fully saturated rings. The van der Waals surface area contributed by atoms with Gasteiger partial charge in [0.15, 0.2) is 0 Å². The number of amides is 1. The minimum absolute atomic E-state index is 0.0412. The first-order valence-corrected chi connectivity index (χ1v) is 6.07. The van der Waals surface area contributed by atoms with Crippen LogP contribution in [0.4, 0.5) is 5.69 Å². The molecule has 3 nitrogen and oxygen atoms in total. The van der Waals surface area contributed by atoms with Crippen molar-refractivity contribution in [1.82, 2.24) is 0 Å². The molecule has 0 bridgehead atoms. The van der Waals surface area contributed by atoms with E-state index in [1.54, 1.807) is 0 Å². The molecule has 0 radical (unpaired) electrons. The highest BCUT2D eigenvalue weighted by Gasteiger charge is 2.16. The van der Waals surface area contributed by atoms with Crippen molar-refractivity contribution in [3.63, 3.8) is 0 Å². The first kappa shape index (κ1) is 13.7. The number of aryl methyl sites for hydroxylation is 1. The zero-order chi connectivity index (χ0) is 12.8. The van der Waals surface area contributed by atoms with Crippen molar-refractivity contribution >= 4 is 29.5 Å². The van der Waals surface area contributed by atoms with Gasteiger partial charge in [0.25, 0.3) is 0 Å². The van der Waals surface area contributed by atoms with E-state index in [0.717, 1.165) is 17.7 Å². The quantitative estimate of drug-likeness (QED) is 0.597. The first-order valence-electron chi connectivity index (χ1n) is 5.54. The molecule has 0 saturated carbocycles. The van der Waals surface area contributed by atoms with Crippen LogP contribution in [0.3, 0.4) is 0 Å². The SMILES string of the molecule is CCc1cccc(N(CC=O)C(=O)CCl)c1C. The maximum atomic E-state index is 11.7. The summed E-state index contributed by atoms with van der Waals surface area (Å²) in [6.45, 7) is 4.05. The Hall–Kier alpha value is -1.35. The van der Waals surface area contributed by atoms with Crippen molar-refractivity contribution < 1.29 is 9.59 Å².